The normalized spacial score (nSPS) is 11.7. The van der Waals surface area contributed by atoms with E-state index in [1.54, 1.807) is 0 Å². The highest BCUT2D eigenvalue weighted by Gasteiger charge is 2.23. The largest absolute Gasteiger partial charge is 0.309 e. The molecule has 29 aromatic rings. The van der Waals surface area contributed by atoms with Crippen molar-refractivity contribution in [3.63, 3.8) is 0 Å². The predicted octanol–water partition coefficient (Wildman–Crippen LogP) is 32.2. The molecule has 0 radical (unpaired) electrons. The van der Waals surface area contributed by atoms with Gasteiger partial charge in [0.05, 0.1) is 96.3 Å². The van der Waals surface area contributed by atoms with E-state index >= 15 is 0 Å². The summed E-state index contributed by atoms with van der Waals surface area (Å²) in [5, 5.41) is 36.3. The van der Waals surface area contributed by atoms with Crippen LogP contribution in [-0.2, 0) is 0 Å². The van der Waals surface area contributed by atoms with Gasteiger partial charge in [0.2, 0.25) is 0 Å². The molecular formula is C129H79N13. The molecule has 0 aliphatic rings. The van der Waals surface area contributed by atoms with Crippen LogP contribution in [0.15, 0.2) is 462 Å². The van der Waals surface area contributed by atoms with Crippen LogP contribution >= 0.6 is 0 Å². The third kappa shape index (κ3) is 13.9. The van der Waals surface area contributed by atoms with Gasteiger partial charge in [-0.3, -0.25) is 24.5 Å². The van der Waals surface area contributed by atoms with E-state index < -0.39 is 0 Å². The first-order valence-electron chi connectivity index (χ1n) is 47.6. The van der Waals surface area contributed by atoms with Crippen molar-refractivity contribution in [2.24, 2.45) is 0 Å². The first kappa shape index (κ1) is 82.1. The minimum atomic E-state index is 0.701. The number of aryl methyl sites for hydroxylation is 1. The third-order valence-corrected chi connectivity index (χ3v) is 28.2. The highest BCUT2D eigenvalue weighted by Crippen LogP contribution is 2.46. The molecule has 0 saturated heterocycles. The van der Waals surface area contributed by atoms with Crippen molar-refractivity contribution < 1.29 is 0 Å². The number of pyridine rings is 9. The molecule has 0 spiro atoms. The van der Waals surface area contributed by atoms with Crippen LogP contribution in [0.2, 0.25) is 0 Å². The lowest BCUT2D eigenvalue weighted by atomic mass is 9.89. The zero-order valence-electron chi connectivity index (χ0n) is 76.7. The number of fused-ring (bicyclic) bond motifs is 11. The number of para-hydroxylation sites is 2. The number of nitrogens with zero attached hydrogens (tertiary/aromatic N) is 13. The van der Waals surface area contributed by atoms with Gasteiger partial charge in [-0.15, -0.1) is 0 Å². The molecule has 12 aromatic heterocycles. The molecule has 0 bridgehead atoms. The molecule has 660 valence electrons. The van der Waals surface area contributed by atoms with Gasteiger partial charge >= 0.3 is 0 Å². The van der Waals surface area contributed by atoms with Gasteiger partial charge in [-0.25, -0.2) is 24.9 Å². The second kappa shape index (κ2) is 33.8. The average Bonchev–Trinajstić information content (AvgIpc) is 1.28. The first-order valence-corrected chi connectivity index (χ1v) is 47.6. The van der Waals surface area contributed by atoms with Crippen molar-refractivity contribution >= 4 is 152 Å². The average molecular weight is 1810 g/mol. The summed E-state index contributed by atoms with van der Waals surface area (Å²) >= 11 is 0. The van der Waals surface area contributed by atoms with Crippen molar-refractivity contribution in [2.45, 2.75) is 6.92 Å². The summed E-state index contributed by atoms with van der Waals surface area (Å²) in [5.41, 5.74) is 29.1. The molecule has 13 heteroatoms. The van der Waals surface area contributed by atoms with Gasteiger partial charge < -0.3 is 9.13 Å². The second-order valence-electron chi connectivity index (χ2n) is 36.3. The Balaban J connectivity index is 0.000000106. The van der Waals surface area contributed by atoms with Crippen molar-refractivity contribution in [3.05, 3.63) is 473 Å². The molecule has 0 atom stereocenters. The quantitative estimate of drug-likeness (QED) is 0.0853. The molecule has 29 rings (SSSR count). The van der Waals surface area contributed by atoms with E-state index in [9.17, 15) is 5.26 Å². The number of hydrogen-bond acceptors (Lipinski definition) is 10. The van der Waals surface area contributed by atoms with Gasteiger partial charge in [0.25, 0.3) is 0 Å². The van der Waals surface area contributed by atoms with E-state index in [-0.39, 0.29) is 0 Å². The standard InChI is InChI=1S/C44H28N4.C43H26N4.C42H25N5/c1-27-11-22-41-36(25-27)34-23-24-45-26-42(34)48(41)32-18-14-28(15-19-32)37-7-3-9-39(46-37)40-10-4-8-38(47-40)33-20-16-31-13-12-29-5-2-6-30-17-21-35(33)44(31)43(29)30;1-2-15-40-33(9-1)35-10-6-26-44-43(35)47(40)31-22-18-27(19-23-31)36-11-4-13-38(45-36)39-14-5-12-37(46-39)32-24-20-30-17-16-28-7-3-8-29-21-25-34(32)42(30)41(28)29;43-23-36-31-10-1-3-13-34(31)42(35-14-4-2-11-32(35)36)29-17-19-39(46-25-29)38-18-16-28(24-45-38)27-8-7-9-30(22-27)47-40-15-6-5-12-33(40)37-26-44-21-20-41(37)47/h2-26H,1H3;1-26H;1-22,24-26H. The number of nitriles is 1. The molecular weight excluding hydrogens is 1730 g/mol. The molecule has 0 aliphatic carbocycles. The highest BCUT2D eigenvalue weighted by atomic mass is 15.0. The lowest BCUT2D eigenvalue weighted by molar-refractivity contribution is 1.13. The maximum absolute atomic E-state index is 10.0. The van der Waals surface area contributed by atoms with Gasteiger partial charge in [0, 0.05) is 131 Å². The Morgan fingerprint density at radius 2 is 0.641 bits per heavy atom. The van der Waals surface area contributed by atoms with Gasteiger partial charge in [-0.2, -0.15) is 5.26 Å². The Hall–Kier alpha value is -19.4. The Morgan fingerprint density at radius 1 is 0.218 bits per heavy atom. The minimum absolute atomic E-state index is 0.701. The maximum atomic E-state index is 10.0. The van der Waals surface area contributed by atoms with Gasteiger partial charge in [0.1, 0.15) is 11.7 Å². The fraction of sp³-hybridized carbons (Fsp3) is 0.00775. The summed E-state index contributed by atoms with van der Waals surface area (Å²) < 4.78 is 6.81. The van der Waals surface area contributed by atoms with Crippen LogP contribution in [0.25, 0.3) is 270 Å². The van der Waals surface area contributed by atoms with Crippen LogP contribution in [0.1, 0.15) is 11.1 Å². The summed E-state index contributed by atoms with van der Waals surface area (Å²) in [6.07, 6.45) is 13.3. The Bertz CT molecular complexity index is 9960. The zero-order valence-corrected chi connectivity index (χ0v) is 76.7. The van der Waals surface area contributed by atoms with Gasteiger partial charge in [-0.05, 0) is 239 Å². The Labute approximate surface area is 814 Å². The summed E-state index contributed by atoms with van der Waals surface area (Å²) in [6, 6.07) is 149. The lowest BCUT2D eigenvalue weighted by Crippen LogP contribution is -1.96. The van der Waals surface area contributed by atoms with Crippen molar-refractivity contribution in [1.29, 1.82) is 5.26 Å². The van der Waals surface area contributed by atoms with E-state index in [0.717, 1.165) is 179 Å². The van der Waals surface area contributed by atoms with Crippen molar-refractivity contribution in [2.75, 3.05) is 0 Å². The topological polar surface area (TPSA) is 155 Å². The molecule has 13 nitrogen and oxygen atoms in total. The third-order valence-electron chi connectivity index (χ3n) is 28.2. The minimum Gasteiger partial charge on any atom is -0.309 e. The van der Waals surface area contributed by atoms with Crippen LogP contribution in [0, 0.1) is 18.3 Å². The van der Waals surface area contributed by atoms with E-state index in [1.165, 1.54) is 97.3 Å². The van der Waals surface area contributed by atoms with E-state index in [4.69, 9.17) is 34.9 Å². The van der Waals surface area contributed by atoms with Crippen LogP contribution in [0.3, 0.4) is 0 Å². The summed E-state index contributed by atoms with van der Waals surface area (Å²) in [4.78, 5) is 43.8. The summed E-state index contributed by atoms with van der Waals surface area (Å²) in [6.45, 7) is 2.14. The molecule has 0 amide bonds. The zero-order chi connectivity index (χ0) is 94.0. The van der Waals surface area contributed by atoms with Crippen molar-refractivity contribution in [3.8, 4) is 125 Å². The fourth-order valence-electron chi connectivity index (χ4n) is 21.6. The molecule has 0 fully saturated rings. The predicted molar refractivity (Wildman–Crippen MR) is 583 cm³/mol. The van der Waals surface area contributed by atoms with Crippen LogP contribution in [0.5, 0.6) is 0 Å². The van der Waals surface area contributed by atoms with Crippen LogP contribution in [-0.4, -0.2) is 58.6 Å². The van der Waals surface area contributed by atoms with Crippen LogP contribution in [0.4, 0.5) is 0 Å². The van der Waals surface area contributed by atoms with Gasteiger partial charge in [0.15, 0.2) is 0 Å². The molecule has 0 unspecified atom stereocenters. The van der Waals surface area contributed by atoms with Gasteiger partial charge in [-0.1, -0.05) is 279 Å². The smallest absolute Gasteiger partial charge is 0.145 e. The molecule has 17 aromatic carbocycles. The number of rotatable bonds is 12. The Morgan fingerprint density at radius 3 is 1.20 bits per heavy atom. The first-order chi connectivity index (χ1) is 70.3. The molecule has 142 heavy (non-hydrogen) atoms. The molecule has 0 N–H and O–H groups in total. The van der Waals surface area contributed by atoms with E-state index in [1.807, 2.05) is 122 Å². The molecule has 12 heterocycles. The Kier molecular flexibility index (Phi) is 19.6. The number of aromatic nitrogens is 12. The van der Waals surface area contributed by atoms with Crippen molar-refractivity contribution in [1.82, 2.24) is 58.6 Å². The lowest BCUT2D eigenvalue weighted by Gasteiger charge is -2.14. The number of benzene rings is 17. The molecule has 0 aliphatic heterocycles. The SMILES string of the molecule is Cc1ccc2c(c1)c1ccncc1n2-c1ccc(-c2cccc(-c3cccc(-c4ccc5ccc6cccc7ccc4c5c67)n3)n2)cc1.N#Cc1c2ccccc2c(-c2ccc(-c3ccc(-c4cccc(-n5c6ccccc6c6cnccc65)c4)cn3)nc2)c2ccccc12.c1cc(-c2ccc(-n3c4ccccc4c4cccnc43)cc2)nc(-c2cccc(-c3ccc4ccc5cccc6ccc3c4c56)n2)c1. The summed E-state index contributed by atoms with van der Waals surface area (Å²) in [5.74, 6) is 0. The van der Waals surface area contributed by atoms with E-state index in [2.05, 4.69) is 376 Å². The monoisotopic (exact) mass is 1810 g/mol. The molecule has 0 saturated carbocycles. The maximum Gasteiger partial charge on any atom is 0.145 e. The highest BCUT2D eigenvalue weighted by molar-refractivity contribution is 6.27. The number of hydrogen-bond donors (Lipinski definition) is 0. The van der Waals surface area contributed by atoms with E-state index in [0.29, 0.717) is 5.56 Å². The van der Waals surface area contributed by atoms with Crippen LogP contribution < -0.4 is 0 Å². The fourth-order valence-corrected chi connectivity index (χ4v) is 21.6. The second-order valence-corrected chi connectivity index (χ2v) is 36.3. The summed E-state index contributed by atoms with van der Waals surface area (Å²) in [7, 11) is 0.